The van der Waals surface area contributed by atoms with Crippen LogP contribution < -0.4 is 0 Å². The fourth-order valence-corrected chi connectivity index (χ4v) is 3.35. The van der Waals surface area contributed by atoms with Crippen LogP contribution in [0.15, 0.2) is 60.7 Å². The molecule has 2 aromatic rings. The van der Waals surface area contributed by atoms with Gasteiger partial charge in [-0.3, -0.25) is 0 Å². The van der Waals surface area contributed by atoms with Crippen molar-refractivity contribution in [1.29, 1.82) is 0 Å². The Kier molecular flexibility index (Phi) is 5.71. The summed E-state index contributed by atoms with van der Waals surface area (Å²) in [6.45, 7) is 0.996. The van der Waals surface area contributed by atoms with Crippen molar-refractivity contribution in [3.63, 3.8) is 0 Å². The highest BCUT2D eigenvalue weighted by atomic mass is 16.6. The first-order valence-electron chi connectivity index (χ1n) is 8.87. The summed E-state index contributed by atoms with van der Waals surface area (Å²) in [5.41, 5.74) is 1.19. The predicted molar refractivity (Wildman–Crippen MR) is 96.9 cm³/mol. The SMILES string of the molecule is O=C(OCc1ccccc1)N(Cc1ccccc1)CC1(O)CCCC1. The molecule has 1 saturated carbocycles. The molecule has 0 aliphatic heterocycles. The van der Waals surface area contributed by atoms with Gasteiger partial charge in [-0.15, -0.1) is 0 Å². The summed E-state index contributed by atoms with van der Waals surface area (Å²) in [7, 11) is 0. The fraction of sp³-hybridized carbons (Fsp3) is 0.381. The lowest BCUT2D eigenvalue weighted by atomic mass is 10.0. The van der Waals surface area contributed by atoms with Crippen LogP contribution in [0.4, 0.5) is 4.79 Å². The van der Waals surface area contributed by atoms with Crippen molar-refractivity contribution in [2.75, 3.05) is 6.54 Å². The molecule has 1 aliphatic carbocycles. The van der Waals surface area contributed by atoms with Crippen LogP contribution >= 0.6 is 0 Å². The van der Waals surface area contributed by atoms with E-state index in [1.807, 2.05) is 60.7 Å². The number of amides is 1. The van der Waals surface area contributed by atoms with Crippen LogP contribution in [-0.4, -0.2) is 28.2 Å². The molecule has 0 bridgehead atoms. The molecule has 0 heterocycles. The highest BCUT2D eigenvalue weighted by molar-refractivity contribution is 5.67. The first kappa shape index (κ1) is 17.5. The molecule has 4 heteroatoms. The Labute approximate surface area is 149 Å². The first-order chi connectivity index (χ1) is 12.1. The van der Waals surface area contributed by atoms with E-state index in [0.29, 0.717) is 13.1 Å². The Bertz CT molecular complexity index is 666. The molecule has 1 fully saturated rings. The van der Waals surface area contributed by atoms with Crippen molar-refractivity contribution >= 4 is 6.09 Å². The molecule has 0 unspecified atom stereocenters. The first-order valence-corrected chi connectivity index (χ1v) is 8.87. The van der Waals surface area contributed by atoms with Gasteiger partial charge in [-0.25, -0.2) is 4.79 Å². The number of carbonyl (C=O) groups is 1. The van der Waals surface area contributed by atoms with Gasteiger partial charge in [0.2, 0.25) is 0 Å². The second-order valence-electron chi connectivity index (χ2n) is 6.81. The normalized spacial score (nSPS) is 15.7. The fourth-order valence-electron chi connectivity index (χ4n) is 3.35. The maximum atomic E-state index is 12.6. The van der Waals surface area contributed by atoms with E-state index in [9.17, 15) is 9.90 Å². The third-order valence-corrected chi connectivity index (χ3v) is 4.70. The van der Waals surface area contributed by atoms with Gasteiger partial charge in [-0.2, -0.15) is 0 Å². The lowest BCUT2D eigenvalue weighted by molar-refractivity contribution is 0.00260. The van der Waals surface area contributed by atoms with Crippen molar-refractivity contribution in [3.8, 4) is 0 Å². The third kappa shape index (κ3) is 5.07. The van der Waals surface area contributed by atoms with E-state index in [1.165, 1.54) is 0 Å². The van der Waals surface area contributed by atoms with E-state index >= 15 is 0 Å². The molecule has 2 aromatic carbocycles. The zero-order valence-corrected chi connectivity index (χ0v) is 14.4. The number of carbonyl (C=O) groups excluding carboxylic acids is 1. The van der Waals surface area contributed by atoms with Crippen LogP contribution in [-0.2, 0) is 17.9 Å². The summed E-state index contributed by atoms with van der Waals surface area (Å²) in [5, 5.41) is 10.7. The number of ether oxygens (including phenoxy) is 1. The predicted octanol–water partition coefficient (Wildman–Crippen LogP) is 4.13. The summed E-state index contributed by atoms with van der Waals surface area (Å²) in [6.07, 6.45) is 3.12. The minimum Gasteiger partial charge on any atom is -0.445 e. The number of hydrogen-bond donors (Lipinski definition) is 1. The van der Waals surface area contributed by atoms with Gasteiger partial charge in [0, 0.05) is 6.54 Å². The highest BCUT2D eigenvalue weighted by Gasteiger charge is 2.35. The Morgan fingerprint density at radius 3 is 2.12 bits per heavy atom. The smallest absolute Gasteiger partial charge is 0.410 e. The molecule has 1 N–H and O–H groups in total. The van der Waals surface area contributed by atoms with Crippen LogP contribution in [0.5, 0.6) is 0 Å². The molecule has 0 saturated heterocycles. The van der Waals surface area contributed by atoms with Gasteiger partial charge in [-0.1, -0.05) is 73.5 Å². The zero-order chi connectivity index (χ0) is 17.5. The van der Waals surface area contributed by atoms with Gasteiger partial charge in [0.1, 0.15) is 6.61 Å². The summed E-state index contributed by atoms with van der Waals surface area (Å²) in [4.78, 5) is 14.3. The standard InChI is InChI=1S/C21H25NO3/c23-20(25-16-19-11-5-2-6-12-19)22(15-18-9-3-1-4-10-18)17-21(24)13-7-8-14-21/h1-6,9-12,24H,7-8,13-17H2. The molecule has 0 spiro atoms. The van der Waals surface area contributed by atoms with Gasteiger partial charge in [0.25, 0.3) is 0 Å². The quantitative estimate of drug-likeness (QED) is 0.861. The maximum Gasteiger partial charge on any atom is 0.410 e. The lowest BCUT2D eigenvalue weighted by Crippen LogP contribution is -2.44. The minimum absolute atomic E-state index is 0.239. The molecule has 0 atom stereocenters. The molecule has 3 rings (SSSR count). The van der Waals surface area contributed by atoms with Crippen LogP contribution in [0.2, 0.25) is 0 Å². The average Bonchev–Trinajstić information content (AvgIpc) is 3.07. The summed E-state index contributed by atoms with van der Waals surface area (Å²) >= 11 is 0. The summed E-state index contributed by atoms with van der Waals surface area (Å²) < 4.78 is 5.49. The summed E-state index contributed by atoms with van der Waals surface area (Å²) in [5.74, 6) is 0. The second-order valence-corrected chi connectivity index (χ2v) is 6.81. The monoisotopic (exact) mass is 339 g/mol. The molecule has 0 radical (unpaired) electrons. The van der Waals surface area contributed by atoms with Crippen molar-refractivity contribution in [2.45, 2.75) is 44.4 Å². The zero-order valence-electron chi connectivity index (χ0n) is 14.4. The molecular weight excluding hydrogens is 314 g/mol. The van der Waals surface area contributed by atoms with Crippen LogP contribution in [0.3, 0.4) is 0 Å². The van der Waals surface area contributed by atoms with Gasteiger partial charge in [-0.05, 0) is 24.0 Å². The van der Waals surface area contributed by atoms with Crippen LogP contribution in [0, 0.1) is 0 Å². The lowest BCUT2D eigenvalue weighted by Gasteiger charge is -2.31. The average molecular weight is 339 g/mol. The van der Waals surface area contributed by atoms with Gasteiger partial charge >= 0.3 is 6.09 Å². The van der Waals surface area contributed by atoms with Crippen LogP contribution in [0.25, 0.3) is 0 Å². The van der Waals surface area contributed by atoms with Gasteiger partial charge in [0.15, 0.2) is 0 Å². The maximum absolute atomic E-state index is 12.6. The van der Waals surface area contributed by atoms with Crippen molar-refractivity contribution in [3.05, 3.63) is 71.8 Å². The number of rotatable bonds is 6. The van der Waals surface area contributed by atoms with Crippen molar-refractivity contribution in [1.82, 2.24) is 4.90 Å². The molecule has 4 nitrogen and oxygen atoms in total. The molecule has 0 aromatic heterocycles. The van der Waals surface area contributed by atoms with Crippen molar-refractivity contribution in [2.24, 2.45) is 0 Å². The van der Waals surface area contributed by atoms with E-state index in [0.717, 1.165) is 36.8 Å². The Morgan fingerprint density at radius 2 is 1.52 bits per heavy atom. The van der Waals surface area contributed by atoms with Gasteiger partial charge < -0.3 is 14.7 Å². The Balaban J connectivity index is 1.67. The third-order valence-electron chi connectivity index (χ3n) is 4.70. The molecular formula is C21H25NO3. The number of nitrogens with zero attached hydrogens (tertiary/aromatic N) is 1. The number of aliphatic hydroxyl groups is 1. The van der Waals surface area contributed by atoms with E-state index < -0.39 is 5.60 Å². The topological polar surface area (TPSA) is 49.8 Å². The number of hydrogen-bond acceptors (Lipinski definition) is 3. The minimum atomic E-state index is -0.791. The molecule has 25 heavy (non-hydrogen) atoms. The molecule has 132 valence electrons. The van der Waals surface area contributed by atoms with E-state index in [-0.39, 0.29) is 12.7 Å². The molecule has 1 aliphatic rings. The Morgan fingerprint density at radius 1 is 0.960 bits per heavy atom. The van der Waals surface area contributed by atoms with Gasteiger partial charge in [0.05, 0.1) is 12.1 Å². The van der Waals surface area contributed by atoms with E-state index in [2.05, 4.69) is 0 Å². The Hall–Kier alpha value is -2.33. The van der Waals surface area contributed by atoms with Crippen LogP contribution in [0.1, 0.15) is 36.8 Å². The largest absolute Gasteiger partial charge is 0.445 e. The van der Waals surface area contributed by atoms with E-state index in [4.69, 9.17) is 4.74 Å². The number of benzene rings is 2. The summed E-state index contributed by atoms with van der Waals surface area (Å²) in [6, 6.07) is 19.5. The highest BCUT2D eigenvalue weighted by Crippen LogP contribution is 2.30. The second kappa shape index (κ2) is 8.17. The molecule has 1 amide bonds. The van der Waals surface area contributed by atoms with Crippen molar-refractivity contribution < 1.29 is 14.6 Å². The van der Waals surface area contributed by atoms with E-state index in [1.54, 1.807) is 4.90 Å².